The SMILES string of the molecule is C1=CCC(C2N=C(c3cc4ccccc4c4ccccc34)N=C(c3ccccc3-n3c4ccccc4c4cc5cc(-n6c7ccccc7c7c8ccccc8ccc76)ccc5cc43)N2)C=C1. The fraction of sp³-hybridized carbons (Fsp3) is 0.0492. The molecule has 66 heavy (non-hydrogen) atoms. The van der Waals surface area contributed by atoms with Gasteiger partial charge in [0.25, 0.3) is 0 Å². The molecular weight excluding hydrogens is 803 g/mol. The van der Waals surface area contributed by atoms with E-state index in [4.69, 9.17) is 9.98 Å². The van der Waals surface area contributed by atoms with Gasteiger partial charge in [0.1, 0.15) is 12.0 Å². The molecule has 3 heterocycles. The maximum absolute atomic E-state index is 5.50. The second kappa shape index (κ2) is 14.5. The van der Waals surface area contributed by atoms with Crippen molar-refractivity contribution in [2.75, 3.05) is 0 Å². The van der Waals surface area contributed by atoms with Gasteiger partial charge in [-0.25, -0.2) is 9.98 Å². The van der Waals surface area contributed by atoms with Crippen molar-refractivity contribution in [2.45, 2.75) is 12.6 Å². The van der Waals surface area contributed by atoms with Crippen molar-refractivity contribution in [1.29, 1.82) is 0 Å². The van der Waals surface area contributed by atoms with E-state index in [0.29, 0.717) is 0 Å². The average molecular weight is 844 g/mol. The number of nitrogens with zero attached hydrogens (tertiary/aromatic N) is 4. The molecule has 1 aliphatic heterocycles. The van der Waals surface area contributed by atoms with Gasteiger partial charge < -0.3 is 14.5 Å². The van der Waals surface area contributed by atoms with E-state index in [1.54, 1.807) is 0 Å². The maximum Gasteiger partial charge on any atom is 0.159 e. The fourth-order valence-corrected chi connectivity index (χ4v) is 11.0. The Kier molecular flexibility index (Phi) is 8.10. The molecule has 14 rings (SSSR count). The van der Waals surface area contributed by atoms with E-state index in [0.717, 1.165) is 57.0 Å². The van der Waals surface area contributed by atoms with Crippen LogP contribution in [0.15, 0.2) is 228 Å². The predicted molar refractivity (Wildman–Crippen MR) is 278 cm³/mol. The number of aromatic nitrogens is 2. The Labute approximate surface area is 380 Å². The predicted octanol–water partition coefficient (Wildman–Crippen LogP) is 14.7. The average Bonchev–Trinajstić information content (AvgIpc) is 3.90. The van der Waals surface area contributed by atoms with E-state index in [2.05, 4.69) is 233 Å². The molecule has 0 fully saturated rings. The summed E-state index contributed by atoms with van der Waals surface area (Å²) in [5.41, 5.74) is 8.98. The van der Waals surface area contributed by atoms with Crippen molar-refractivity contribution in [1.82, 2.24) is 14.5 Å². The minimum absolute atomic E-state index is 0.167. The van der Waals surface area contributed by atoms with Crippen LogP contribution in [0.3, 0.4) is 0 Å². The van der Waals surface area contributed by atoms with E-state index in [-0.39, 0.29) is 12.1 Å². The van der Waals surface area contributed by atoms with Crippen LogP contribution >= 0.6 is 0 Å². The first-order valence-electron chi connectivity index (χ1n) is 22.9. The third-order valence-corrected chi connectivity index (χ3v) is 14.0. The molecule has 2 aliphatic rings. The Balaban J connectivity index is 0.953. The Morgan fingerprint density at radius 1 is 0.439 bits per heavy atom. The van der Waals surface area contributed by atoms with Gasteiger partial charge >= 0.3 is 0 Å². The summed E-state index contributed by atoms with van der Waals surface area (Å²) in [6.45, 7) is 0. The standard InChI is InChI=1S/C61H41N5/c1-2-17-39(18-3-1)59-62-60(64-61(63-59)52-35-41-19-5-6-20-44(41)46-22-8-9-23-47(46)52)50-26-12-15-29-55(50)66-53-27-13-10-24-48(53)51-36-42-34-43(32-30-40(42)37-57(51)66)65-54-28-14-11-25-49(54)58-45-21-7-4-16-38(45)31-33-56(58)65/h1-17,19-37,39,59H,18H2,(H,62,63,64). The number of allylic oxidation sites excluding steroid dienone is 3. The number of hydrogen-bond donors (Lipinski definition) is 1. The molecule has 5 nitrogen and oxygen atoms in total. The molecule has 0 radical (unpaired) electrons. The summed E-state index contributed by atoms with van der Waals surface area (Å²) >= 11 is 0. The molecule has 0 saturated heterocycles. The zero-order valence-corrected chi connectivity index (χ0v) is 35.9. The Morgan fingerprint density at radius 2 is 1.14 bits per heavy atom. The molecule has 2 unspecified atom stereocenters. The highest BCUT2D eigenvalue weighted by atomic mass is 15.2. The molecule has 2 atom stereocenters. The number of hydrogen-bond acceptors (Lipinski definition) is 3. The van der Waals surface area contributed by atoms with Crippen LogP contribution in [0.4, 0.5) is 0 Å². The van der Waals surface area contributed by atoms with Crippen LogP contribution < -0.4 is 5.32 Å². The lowest BCUT2D eigenvalue weighted by atomic mass is 9.95. The minimum atomic E-state index is -0.212. The lowest BCUT2D eigenvalue weighted by Crippen LogP contribution is -2.43. The van der Waals surface area contributed by atoms with Crippen molar-refractivity contribution < 1.29 is 0 Å². The van der Waals surface area contributed by atoms with Crippen LogP contribution in [0.5, 0.6) is 0 Å². The van der Waals surface area contributed by atoms with Gasteiger partial charge in [-0.3, -0.25) is 0 Å². The highest BCUT2D eigenvalue weighted by Gasteiger charge is 2.28. The lowest BCUT2D eigenvalue weighted by molar-refractivity contribution is 0.475. The second-order valence-corrected chi connectivity index (χ2v) is 17.7. The number of amidine groups is 2. The first-order chi connectivity index (χ1) is 32.7. The molecule has 0 spiro atoms. The van der Waals surface area contributed by atoms with E-state index < -0.39 is 0 Å². The van der Waals surface area contributed by atoms with Gasteiger partial charge in [-0.15, -0.1) is 0 Å². The smallest absolute Gasteiger partial charge is 0.159 e. The summed E-state index contributed by atoms with van der Waals surface area (Å²) in [4.78, 5) is 10.9. The van der Waals surface area contributed by atoms with Crippen molar-refractivity contribution in [3.63, 3.8) is 0 Å². The molecule has 310 valence electrons. The van der Waals surface area contributed by atoms with E-state index >= 15 is 0 Å². The molecule has 1 N–H and O–H groups in total. The summed E-state index contributed by atoms with van der Waals surface area (Å²) < 4.78 is 4.87. The van der Waals surface area contributed by atoms with Crippen LogP contribution in [0.1, 0.15) is 17.5 Å². The van der Waals surface area contributed by atoms with Gasteiger partial charge in [0.2, 0.25) is 0 Å². The fourth-order valence-electron chi connectivity index (χ4n) is 11.0. The summed E-state index contributed by atoms with van der Waals surface area (Å²) in [5, 5.41) is 18.5. The highest BCUT2D eigenvalue weighted by molar-refractivity contribution is 6.24. The van der Waals surface area contributed by atoms with Crippen LogP contribution in [-0.4, -0.2) is 27.0 Å². The third-order valence-electron chi connectivity index (χ3n) is 14.0. The number of benzene rings is 10. The third kappa shape index (κ3) is 5.60. The van der Waals surface area contributed by atoms with Crippen LogP contribution in [0.2, 0.25) is 0 Å². The molecule has 5 heteroatoms. The molecule has 0 bridgehead atoms. The zero-order chi connectivity index (χ0) is 43.3. The van der Waals surface area contributed by atoms with Crippen molar-refractivity contribution in [3.8, 4) is 11.4 Å². The number of nitrogens with one attached hydrogen (secondary N) is 1. The Morgan fingerprint density at radius 3 is 1.98 bits per heavy atom. The Bertz CT molecular complexity index is 4140. The van der Waals surface area contributed by atoms with Gasteiger partial charge in [0, 0.05) is 44.3 Å². The van der Waals surface area contributed by atoms with E-state index in [9.17, 15) is 0 Å². The number of aliphatic imine (C=N–C) groups is 2. The van der Waals surface area contributed by atoms with Gasteiger partial charge in [0.15, 0.2) is 5.84 Å². The van der Waals surface area contributed by atoms with Gasteiger partial charge in [-0.05, 0) is 110 Å². The van der Waals surface area contributed by atoms with Gasteiger partial charge in [0.05, 0.1) is 27.8 Å². The minimum Gasteiger partial charge on any atom is -0.347 e. The first-order valence-corrected chi connectivity index (χ1v) is 22.9. The molecule has 12 aromatic rings. The molecule has 2 aromatic heterocycles. The summed E-state index contributed by atoms with van der Waals surface area (Å²) in [5.74, 6) is 1.73. The van der Waals surface area contributed by atoms with E-state index in [1.807, 2.05) is 0 Å². The quantitative estimate of drug-likeness (QED) is 0.172. The van der Waals surface area contributed by atoms with Crippen LogP contribution in [0.25, 0.3) is 98.1 Å². The van der Waals surface area contributed by atoms with Gasteiger partial charge in [-0.2, -0.15) is 0 Å². The maximum atomic E-state index is 5.50. The Hall–Kier alpha value is -8.54. The normalized spacial score (nSPS) is 16.3. The monoisotopic (exact) mass is 843 g/mol. The summed E-state index contributed by atoms with van der Waals surface area (Å²) in [7, 11) is 0. The largest absolute Gasteiger partial charge is 0.347 e. The first kappa shape index (κ1) is 36.9. The number of para-hydroxylation sites is 3. The van der Waals surface area contributed by atoms with Gasteiger partial charge in [-0.1, -0.05) is 158 Å². The van der Waals surface area contributed by atoms with Crippen molar-refractivity contribution >= 4 is 98.4 Å². The van der Waals surface area contributed by atoms with Crippen molar-refractivity contribution in [2.24, 2.45) is 15.9 Å². The molecule has 0 saturated carbocycles. The molecule has 1 aliphatic carbocycles. The van der Waals surface area contributed by atoms with Crippen molar-refractivity contribution in [3.05, 3.63) is 230 Å². The topological polar surface area (TPSA) is 46.6 Å². The van der Waals surface area contributed by atoms with E-state index in [1.165, 1.54) is 70.3 Å². The second-order valence-electron chi connectivity index (χ2n) is 17.7. The molecular formula is C61H41N5. The molecule has 10 aromatic carbocycles. The van der Waals surface area contributed by atoms with Crippen LogP contribution in [-0.2, 0) is 0 Å². The number of fused-ring (bicyclic) bond motifs is 12. The highest BCUT2D eigenvalue weighted by Crippen LogP contribution is 2.40. The number of rotatable bonds is 5. The lowest BCUT2D eigenvalue weighted by Gasteiger charge is -2.29. The summed E-state index contributed by atoms with van der Waals surface area (Å²) in [6, 6.07) is 70.9. The zero-order valence-electron chi connectivity index (χ0n) is 35.9. The van der Waals surface area contributed by atoms with Crippen LogP contribution in [0, 0.1) is 5.92 Å². The summed E-state index contributed by atoms with van der Waals surface area (Å²) in [6.07, 6.45) is 9.47. The molecule has 0 amide bonds.